The van der Waals surface area contributed by atoms with E-state index in [1.807, 2.05) is 13.8 Å². The van der Waals surface area contributed by atoms with Gasteiger partial charge in [0.05, 0.1) is 16.7 Å². The fourth-order valence-corrected chi connectivity index (χ4v) is 3.33. The Morgan fingerprint density at radius 1 is 1.12 bits per heavy atom. The number of carbonyl (C=O) groups excluding carboxylic acids is 2. The number of rotatable bonds is 6. The normalized spacial score (nSPS) is 16.3. The lowest BCUT2D eigenvalue weighted by atomic mass is 9.71. The summed E-state index contributed by atoms with van der Waals surface area (Å²) in [7, 11) is 0. The van der Waals surface area contributed by atoms with Crippen molar-refractivity contribution >= 4 is 23.5 Å². The molecule has 1 aromatic carbocycles. The highest BCUT2D eigenvalue weighted by molar-refractivity contribution is 6.04. The van der Waals surface area contributed by atoms with Gasteiger partial charge in [-0.15, -0.1) is 0 Å². The minimum Gasteiger partial charge on any atom is -0.481 e. The topological polar surface area (TPSA) is 95.5 Å². The van der Waals surface area contributed by atoms with Crippen molar-refractivity contribution < 1.29 is 19.5 Å². The average Bonchev–Trinajstić information content (AvgIpc) is 2.55. The SMILES string of the molecule is CC(C)NC(=O)c1ccccc1NC(=O)CC1(C(=O)O)CCCCC1. The van der Waals surface area contributed by atoms with Crippen LogP contribution in [0.4, 0.5) is 5.69 Å². The molecule has 0 heterocycles. The first kappa shape index (κ1) is 19.0. The molecule has 0 spiro atoms. The Kier molecular flexibility index (Phi) is 6.17. The second kappa shape index (κ2) is 8.14. The highest BCUT2D eigenvalue weighted by Gasteiger charge is 2.41. The maximum absolute atomic E-state index is 12.5. The number of benzene rings is 1. The number of hydrogen-bond acceptors (Lipinski definition) is 3. The number of nitrogens with one attached hydrogen (secondary N) is 2. The third kappa shape index (κ3) is 4.81. The molecular formula is C19H26N2O4. The highest BCUT2D eigenvalue weighted by Crippen LogP contribution is 2.39. The molecule has 1 aliphatic rings. The van der Waals surface area contributed by atoms with Crippen molar-refractivity contribution in [3.8, 4) is 0 Å². The van der Waals surface area contributed by atoms with Crippen LogP contribution in [0.3, 0.4) is 0 Å². The summed E-state index contributed by atoms with van der Waals surface area (Å²) in [6, 6.07) is 6.73. The van der Waals surface area contributed by atoms with Crippen LogP contribution in [0.5, 0.6) is 0 Å². The van der Waals surface area contributed by atoms with Gasteiger partial charge in [0.1, 0.15) is 0 Å². The van der Waals surface area contributed by atoms with E-state index in [4.69, 9.17) is 0 Å². The van der Waals surface area contributed by atoms with Crippen LogP contribution >= 0.6 is 0 Å². The van der Waals surface area contributed by atoms with Gasteiger partial charge in [-0.25, -0.2) is 0 Å². The number of amides is 2. The molecule has 0 bridgehead atoms. The molecule has 0 unspecified atom stereocenters. The number of para-hydroxylation sites is 1. The van der Waals surface area contributed by atoms with Crippen LogP contribution in [0, 0.1) is 5.41 Å². The molecule has 1 fully saturated rings. The maximum atomic E-state index is 12.5. The van der Waals surface area contributed by atoms with Gasteiger partial charge in [0.15, 0.2) is 0 Å². The summed E-state index contributed by atoms with van der Waals surface area (Å²) in [6.07, 6.45) is 3.63. The van der Waals surface area contributed by atoms with Crippen molar-refractivity contribution in [3.63, 3.8) is 0 Å². The van der Waals surface area contributed by atoms with E-state index in [-0.39, 0.29) is 24.3 Å². The molecule has 2 rings (SSSR count). The van der Waals surface area contributed by atoms with Gasteiger partial charge in [0.2, 0.25) is 5.91 Å². The van der Waals surface area contributed by atoms with Crippen molar-refractivity contribution in [1.29, 1.82) is 0 Å². The number of carbonyl (C=O) groups is 3. The Morgan fingerprint density at radius 3 is 2.36 bits per heavy atom. The minimum atomic E-state index is -0.989. The quantitative estimate of drug-likeness (QED) is 0.737. The van der Waals surface area contributed by atoms with E-state index in [1.165, 1.54) is 0 Å². The predicted molar refractivity (Wildman–Crippen MR) is 95.4 cm³/mol. The molecule has 0 saturated heterocycles. The third-order valence-corrected chi connectivity index (χ3v) is 4.63. The second-order valence-corrected chi connectivity index (χ2v) is 7.04. The van der Waals surface area contributed by atoms with E-state index in [9.17, 15) is 19.5 Å². The van der Waals surface area contributed by atoms with Gasteiger partial charge in [0, 0.05) is 12.5 Å². The van der Waals surface area contributed by atoms with Gasteiger partial charge in [-0.05, 0) is 38.8 Å². The number of anilines is 1. The summed E-state index contributed by atoms with van der Waals surface area (Å²) < 4.78 is 0. The fraction of sp³-hybridized carbons (Fsp3) is 0.526. The second-order valence-electron chi connectivity index (χ2n) is 7.04. The maximum Gasteiger partial charge on any atom is 0.310 e. The molecule has 6 heteroatoms. The number of aliphatic carboxylic acids is 1. The molecule has 3 N–H and O–H groups in total. The lowest BCUT2D eigenvalue weighted by Crippen LogP contribution is -2.37. The molecule has 0 atom stereocenters. The van der Waals surface area contributed by atoms with Gasteiger partial charge in [0.25, 0.3) is 5.91 Å². The molecule has 6 nitrogen and oxygen atoms in total. The van der Waals surface area contributed by atoms with Crippen LogP contribution in [0.2, 0.25) is 0 Å². The number of hydrogen-bond donors (Lipinski definition) is 3. The molecule has 0 aliphatic heterocycles. The summed E-state index contributed by atoms with van der Waals surface area (Å²) in [4.78, 5) is 36.5. The predicted octanol–water partition coefficient (Wildman–Crippen LogP) is 3.19. The summed E-state index contributed by atoms with van der Waals surface area (Å²) in [5.41, 5.74) is -0.211. The lowest BCUT2D eigenvalue weighted by molar-refractivity contribution is -0.153. The molecule has 25 heavy (non-hydrogen) atoms. The van der Waals surface area contributed by atoms with Crippen LogP contribution in [-0.4, -0.2) is 28.9 Å². The fourth-order valence-electron chi connectivity index (χ4n) is 3.33. The first-order valence-corrected chi connectivity index (χ1v) is 8.77. The molecule has 136 valence electrons. The number of carboxylic acid groups (broad SMARTS) is 1. The van der Waals surface area contributed by atoms with Crippen molar-refractivity contribution in [2.75, 3.05) is 5.32 Å². The number of carboxylic acids is 1. The van der Waals surface area contributed by atoms with Crippen LogP contribution in [-0.2, 0) is 9.59 Å². The standard InChI is InChI=1S/C19H26N2O4/c1-13(2)20-17(23)14-8-4-5-9-15(14)21-16(22)12-19(18(24)25)10-6-3-7-11-19/h4-5,8-9,13H,3,6-7,10-12H2,1-2H3,(H,20,23)(H,21,22)(H,24,25). The van der Waals surface area contributed by atoms with Gasteiger partial charge in [-0.1, -0.05) is 31.4 Å². The van der Waals surface area contributed by atoms with Gasteiger partial charge >= 0.3 is 5.97 Å². The molecule has 0 aromatic heterocycles. The Balaban J connectivity index is 2.12. The Morgan fingerprint density at radius 2 is 1.76 bits per heavy atom. The summed E-state index contributed by atoms with van der Waals surface area (Å²) >= 11 is 0. The minimum absolute atomic E-state index is 0.0197. The summed E-state index contributed by atoms with van der Waals surface area (Å²) in [6.45, 7) is 3.72. The van der Waals surface area contributed by atoms with E-state index in [2.05, 4.69) is 10.6 Å². The van der Waals surface area contributed by atoms with Crippen molar-refractivity contribution in [1.82, 2.24) is 5.32 Å². The smallest absolute Gasteiger partial charge is 0.310 e. The van der Waals surface area contributed by atoms with Crippen LogP contribution in [0.1, 0.15) is 62.7 Å². The first-order chi connectivity index (χ1) is 11.8. The van der Waals surface area contributed by atoms with Crippen molar-refractivity contribution in [2.45, 2.75) is 58.4 Å². The molecule has 1 saturated carbocycles. The highest BCUT2D eigenvalue weighted by atomic mass is 16.4. The first-order valence-electron chi connectivity index (χ1n) is 8.77. The van der Waals surface area contributed by atoms with Crippen molar-refractivity contribution in [3.05, 3.63) is 29.8 Å². The third-order valence-electron chi connectivity index (χ3n) is 4.63. The Labute approximate surface area is 148 Å². The Hall–Kier alpha value is -2.37. The lowest BCUT2D eigenvalue weighted by Gasteiger charge is -2.32. The van der Waals surface area contributed by atoms with E-state index >= 15 is 0 Å². The zero-order chi connectivity index (χ0) is 18.4. The van der Waals surface area contributed by atoms with E-state index in [1.54, 1.807) is 24.3 Å². The zero-order valence-corrected chi connectivity index (χ0v) is 14.8. The molecule has 1 aliphatic carbocycles. The van der Waals surface area contributed by atoms with Crippen LogP contribution in [0.25, 0.3) is 0 Å². The summed E-state index contributed by atoms with van der Waals surface area (Å²) in [5.74, 6) is -1.54. The summed E-state index contributed by atoms with van der Waals surface area (Å²) in [5, 5.41) is 15.1. The average molecular weight is 346 g/mol. The molecular weight excluding hydrogens is 320 g/mol. The van der Waals surface area contributed by atoms with Gasteiger partial charge in [-0.3, -0.25) is 14.4 Å². The van der Waals surface area contributed by atoms with E-state index < -0.39 is 11.4 Å². The molecule has 0 radical (unpaired) electrons. The van der Waals surface area contributed by atoms with Gasteiger partial charge < -0.3 is 15.7 Å². The van der Waals surface area contributed by atoms with Crippen LogP contribution < -0.4 is 10.6 Å². The van der Waals surface area contributed by atoms with Crippen molar-refractivity contribution in [2.24, 2.45) is 5.41 Å². The Bertz CT molecular complexity index is 649. The van der Waals surface area contributed by atoms with E-state index in [0.717, 1.165) is 19.3 Å². The monoisotopic (exact) mass is 346 g/mol. The molecule has 1 aromatic rings. The zero-order valence-electron chi connectivity index (χ0n) is 14.8. The van der Waals surface area contributed by atoms with Crippen LogP contribution in [0.15, 0.2) is 24.3 Å². The molecule has 2 amide bonds. The largest absolute Gasteiger partial charge is 0.481 e. The van der Waals surface area contributed by atoms with Gasteiger partial charge in [-0.2, -0.15) is 0 Å². The van der Waals surface area contributed by atoms with E-state index in [0.29, 0.717) is 24.1 Å².